The van der Waals surface area contributed by atoms with Crippen LogP contribution in [0.3, 0.4) is 0 Å². The first-order valence-corrected chi connectivity index (χ1v) is 3.19. The third kappa shape index (κ3) is 1.84. The normalized spacial score (nSPS) is 8.85. The van der Waals surface area contributed by atoms with E-state index < -0.39 is 10.7 Å². The number of hydrogen-bond acceptors (Lipinski definition) is 5. The van der Waals surface area contributed by atoms with Gasteiger partial charge in [-0.3, -0.25) is 4.79 Å². The van der Waals surface area contributed by atoms with E-state index in [2.05, 4.69) is 4.98 Å². The summed E-state index contributed by atoms with van der Waals surface area (Å²) in [7, 11) is 0. The Morgan fingerprint density at radius 3 is 2.77 bits per heavy atom. The van der Waals surface area contributed by atoms with Crippen LogP contribution in [-0.2, 0) is 0 Å². The fourth-order valence-corrected chi connectivity index (χ4v) is 0.755. The number of rotatable bonds is 2. The van der Waals surface area contributed by atoms with Crippen LogP contribution >= 0.6 is 0 Å². The van der Waals surface area contributed by atoms with Crippen molar-refractivity contribution in [2.45, 2.75) is 0 Å². The zero-order chi connectivity index (χ0) is 9.84. The zero-order valence-electron chi connectivity index (χ0n) is 6.30. The summed E-state index contributed by atoms with van der Waals surface area (Å²) in [6, 6.07) is 3.81. The van der Waals surface area contributed by atoms with E-state index in [9.17, 15) is 14.9 Å². The molecule has 0 fully saturated rings. The van der Waals surface area contributed by atoms with Crippen LogP contribution in [0, 0.1) is 21.4 Å². The van der Waals surface area contributed by atoms with Gasteiger partial charge in [0.2, 0.25) is 0 Å². The Bertz CT molecular complexity index is 408. The molecule has 0 spiro atoms. The third-order valence-electron chi connectivity index (χ3n) is 1.27. The largest absolute Gasteiger partial charge is 0.365 e. The Morgan fingerprint density at radius 1 is 1.62 bits per heavy atom. The number of carbonyl (C=O) groups is 1. The Kier molecular flexibility index (Phi) is 2.31. The third-order valence-corrected chi connectivity index (χ3v) is 1.27. The van der Waals surface area contributed by atoms with E-state index in [1.807, 2.05) is 0 Å². The highest BCUT2D eigenvalue weighted by Gasteiger charge is 2.12. The molecular weight excluding hydrogens is 174 g/mol. The predicted molar refractivity (Wildman–Crippen MR) is 41.0 cm³/mol. The van der Waals surface area contributed by atoms with Crippen molar-refractivity contribution < 1.29 is 9.72 Å². The number of aldehydes is 1. The fraction of sp³-hybridized carbons (Fsp3) is 0. The minimum atomic E-state index is -0.756. The summed E-state index contributed by atoms with van der Waals surface area (Å²) in [4.78, 5) is 23.2. The second-order valence-corrected chi connectivity index (χ2v) is 2.13. The molecule has 1 aromatic rings. The highest BCUT2D eigenvalue weighted by molar-refractivity contribution is 5.76. The summed E-state index contributed by atoms with van der Waals surface area (Å²) in [6.07, 6.45) is 0.426. The van der Waals surface area contributed by atoms with Gasteiger partial charge < -0.3 is 10.1 Å². The van der Waals surface area contributed by atoms with Crippen molar-refractivity contribution >= 4 is 12.1 Å². The fourth-order valence-electron chi connectivity index (χ4n) is 0.755. The minimum absolute atomic E-state index is 0.0678. The minimum Gasteiger partial charge on any atom is -0.358 e. The standard InChI is InChI=1S/C7H3N3O3/c8-3-6-1-5(4-11)2-7(9-6)10(12)13/h1-2,4H. The Morgan fingerprint density at radius 2 is 2.31 bits per heavy atom. The van der Waals surface area contributed by atoms with E-state index in [-0.39, 0.29) is 11.3 Å². The number of nitro groups is 1. The molecule has 0 saturated heterocycles. The molecule has 0 unspecified atom stereocenters. The van der Waals surface area contributed by atoms with Crippen LogP contribution in [0.4, 0.5) is 5.82 Å². The van der Waals surface area contributed by atoms with Crippen molar-refractivity contribution in [1.82, 2.24) is 4.98 Å². The van der Waals surface area contributed by atoms with Gasteiger partial charge in [-0.25, -0.2) is 0 Å². The maximum atomic E-state index is 10.3. The van der Waals surface area contributed by atoms with Gasteiger partial charge in [-0.2, -0.15) is 5.26 Å². The van der Waals surface area contributed by atoms with Crippen LogP contribution in [0.5, 0.6) is 0 Å². The van der Waals surface area contributed by atoms with E-state index in [1.165, 1.54) is 6.07 Å². The number of aromatic nitrogens is 1. The number of carbonyl (C=O) groups excluding carboxylic acids is 1. The Balaban J connectivity index is 3.32. The molecule has 13 heavy (non-hydrogen) atoms. The molecule has 0 bridgehead atoms. The molecule has 0 aromatic carbocycles. The first-order valence-electron chi connectivity index (χ1n) is 3.19. The molecule has 6 nitrogen and oxygen atoms in total. The molecule has 0 aliphatic carbocycles. The summed E-state index contributed by atoms with van der Waals surface area (Å²) < 4.78 is 0. The average Bonchev–Trinajstić information content (AvgIpc) is 2.16. The van der Waals surface area contributed by atoms with Gasteiger partial charge in [-0.15, -0.1) is 0 Å². The topological polar surface area (TPSA) is 96.9 Å². The van der Waals surface area contributed by atoms with Crippen LogP contribution < -0.4 is 0 Å². The monoisotopic (exact) mass is 177 g/mol. The lowest BCUT2D eigenvalue weighted by molar-refractivity contribution is -0.389. The average molecular weight is 177 g/mol. The molecule has 64 valence electrons. The van der Waals surface area contributed by atoms with E-state index >= 15 is 0 Å². The summed E-state index contributed by atoms with van der Waals surface area (Å²) in [5.74, 6) is -0.499. The molecular formula is C7H3N3O3. The predicted octanol–water partition coefficient (Wildman–Crippen LogP) is 0.674. The van der Waals surface area contributed by atoms with Gasteiger partial charge >= 0.3 is 5.82 Å². The smallest absolute Gasteiger partial charge is 0.358 e. The molecule has 0 amide bonds. The maximum Gasteiger partial charge on any atom is 0.365 e. The quantitative estimate of drug-likeness (QED) is 0.375. The van der Waals surface area contributed by atoms with E-state index in [1.54, 1.807) is 6.07 Å². The highest BCUT2D eigenvalue weighted by Crippen LogP contribution is 2.10. The molecule has 0 aliphatic rings. The molecule has 0 aliphatic heterocycles. The molecule has 1 rings (SSSR count). The molecule has 0 saturated carbocycles. The van der Waals surface area contributed by atoms with Crippen molar-refractivity contribution in [3.8, 4) is 6.07 Å². The second kappa shape index (κ2) is 3.40. The van der Waals surface area contributed by atoms with Gasteiger partial charge in [-0.1, -0.05) is 0 Å². The molecule has 6 heteroatoms. The van der Waals surface area contributed by atoms with E-state index in [0.29, 0.717) is 6.29 Å². The van der Waals surface area contributed by atoms with Crippen LogP contribution in [0.1, 0.15) is 16.1 Å². The van der Waals surface area contributed by atoms with E-state index in [0.717, 1.165) is 6.07 Å². The molecule has 0 atom stereocenters. The Labute approximate surface area is 72.6 Å². The summed E-state index contributed by atoms with van der Waals surface area (Å²) in [5.41, 5.74) is -0.0745. The number of nitrogens with zero attached hydrogens (tertiary/aromatic N) is 3. The SMILES string of the molecule is N#Cc1cc(C=O)cc([N+](=O)[O-])n1. The molecule has 1 aromatic heterocycles. The van der Waals surface area contributed by atoms with Crippen LogP contribution in [0.25, 0.3) is 0 Å². The summed E-state index contributed by atoms with van der Waals surface area (Å²) in [6.45, 7) is 0. The molecule has 1 heterocycles. The molecule has 0 radical (unpaired) electrons. The second-order valence-electron chi connectivity index (χ2n) is 2.13. The lowest BCUT2D eigenvalue weighted by atomic mass is 10.2. The number of hydrogen-bond donors (Lipinski definition) is 0. The maximum absolute atomic E-state index is 10.3. The summed E-state index contributed by atoms with van der Waals surface area (Å²) >= 11 is 0. The molecule has 0 N–H and O–H groups in total. The summed E-state index contributed by atoms with van der Waals surface area (Å²) in [5, 5.41) is 18.7. The van der Waals surface area contributed by atoms with Gasteiger partial charge in [0.15, 0.2) is 6.29 Å². The lowest BCUT2D eigenvalue weighted by Crippen LogP contribution is -1.96. The van der Waals surface area contributed by atoms with Gasteiger partial charge in [-0.05, 0) is 9.91 Å². The van der Waals surface area contributed by atoms with Gasteiger partial charge in [0.25, 0.3) is 5.69 Å². The first-order chi connectivity index (χ1) is 6.17. The van der Waals surface area contributed by atoms with Crippen molar-refractivity contribution in [3.63, 3.8) is 0 Å². The van der Waals surface area contributed by atoms with Crippen molar-refractivity contribution in [3.05, 3.63) is 33.5 Å². The lowest BCUT2D eigenvalue weighted by Gasteiger charge is -1.92. The van der Waals surface area contributed by atoms with E-state index in [4.69, 9.17) is 5.26 Å². The van der Waals surface area contributed by atoms with Crippen LogP contribution in [0.15, 0.2) is 12.1 Å². The van der Waals surface area contributed by atoms with Crippen LogP contribution in [-0.4, -0.2) is 16.2 Å². The zero-order valence-corrected chi connectivity index (χ0v) is 6.30. The van der Waals surface area contributed by atoms with Crippen LogP contribution in [0.2, 0.25) is 0 Å². The number of nitriles is 1. The first kappa shape index (κ1) is 8.80. The Hall–Kier alpha value is -2.29. The van der Waals surface area contributed by atoms with Crippen molar-refractivity contribution in [2.75, 3.05) is 0 Å². The van der Waals surface area contributed by atoms with Gasteiger partial charge in [0, 0.05) is 17.7 Å². The van der Waals surface area contributed by atoms with Gasteiger partial charge in [0.1, 0.15) is 6.07 Å². The van der Waals surface area contributed by atoms with Crippen molar-refractivity contribution in [1.29, 1.82) is 5.26 Å². The van der Waals surface area contributed by atoms with Crippen molar-refractivity contribution in [2.24, 2.45) is 0 Å². The number of pyridine rings is 1. The van der Waals surface area contributed by atoms with Gasteiger partial charge in [0.05, 0.1) is 0 Å². The highest BCUT2D eigenvalue weighted by atomic mass is 16.6.